The Hall–Kier alpha value is -2.07. The number of ether oxygens (including phenoxy) is 2. The van der Waals surface area contributed by atoms with Crippen LogP contribution < -0.4 is 15.2 Å². The molecule has 0 fully saturated rings. The maximum absolute atomic E-state index is 5.92. The number of benzene rings is 1. The summed E-state index contributed by atoms with van der Waals surface area (Å²) in [4.78, 5) is 4.63. The van der Waals surface area contributed by atoms with Crippen LogP contribution in [0.25, 0.3) is 11.3 Å². The van der Waals surface area contributed by atoms with Gasteiger partial charge >= 0.3 is 0 Å². The quantitative estimate of drug-likeness (QED) is 0.929. The Kier molecular flexibility index (Phi) is 4.25. The van der Waals surface area contributed by atoms with Gasteiger partial charge in [0, 0.05) is 23.4 Å². The van der Waals surface area contributed by atoms with Crippen LogP contribution in [0.1, 0.15) is 24.2 Å². The SMILES string of the molecule is COc1ccc(-c2ccc(C(C)N)c(C)n2)c(OC)c1. The fourth-order valence-corrected chi connectivity index (χ4v) is 2.21. The molecule has 0 radical (unpaired) electrons. The molecule has 1 heterocycles. The molecule has 4 nitrogen and oxygen atoms in total. The van der Waals surface area contributed by atoms with Gasteiger partial charge in [-0.2, -0.15) is 0 Å². The number of nitrogens with zero attached hydrogens (tertiary/aromatic N) is 1. The molecule has 0 aliphatic rings. The van der Waals surface area contributed by atoms with E-state index < -0.39 is 0 Å². The van der Waals surface area contributed by atoms with Crippen LogP contribution in [0.4, 0.5) is 0 Å². The normalized spacial score (nSPS) is 12.1. The van der Waals surface area contributed by atoms with E-state index in [1.54, 1.807) is 14.2 Å². The van der Waals surface area contributed by atoms with Crippen LogP contribution in [0.5, 0.6) is 11.5 Å². The summed E-state index contributed by atoms with van der Waals surface area (Å²) in [5.41, 5.74) is 9.72. The van der Waals surface area contributed by atoms with Crippen molar-refractivity contribution in [3.8, 4) is 22.8 Å². The lowest BCUT2D eigenvalue weighted by atomic mass is 10.0. The van der Waals surface area contributed by atoms with E-state index in [2.05, 4.69) is 4.98 Å². The van der Waals surface area contributed by atoms with E-state index in [9.17, 15) is 0 Å². The number of aromatic nitrogens is 1. The van der Waals surface area contributed by atoms with Gasteiger partial charge in [0.15, 0.2) is 0 Å². The molecular weight excluding hydrogens is 252 g/mol. The largest absolute Gasteiger partial charge is 0.497 e. The van der Waals surface area contributed by atoms with Crippen LogP contribution in [0, 0.1) is 6.92 Å². The molecule has 1 aromatic heterocycles. The van der Waals surface area contributed by atoms with Crippen LogP contribution in [0.2, 0.25) is 0 Å². The molecular formula is C16H20N2O2. The van der Waals surface area contributed by atoms with Crippen molar-refractivity contribution in [1.29, 1.82) is 0 Å². The maximum Gasteiger partial charge on any atom is 0.131 e. The second kappa shape index (κ2) is 5.92. The second-order valence-corrected chi connectivity index (χ2v) is 4.73. The fraction of sp³-hybridized carbons (Fsp3) is 0.312. The molecule has 0 saturated carbocycles. The molecule has 0 saturated heterocycles. The minimum atomic E-state index is -0.0192. The third-order valence-electron chi connectivity index (χ3n) is 3.30. The van der Waals surface area contributed by atoms with Crippen LogP contribution in [-0.2, 0) is 0 Å². The highest BCUT2D eigenvalue weighted by atomic mass is 16.5. The van der Waals surface area contributed by atoms with E-state index in [-0.39, 0.29) is 6.04 Å². The van der Waals surface area contributed by atoms with Gasteiger partial charge in [-0.05, 0) is 37.6 Å². The lowest BCUT2D eigenvalue weighted by Crippen LogP contribution is -2.08. The van der Waals surface area contributed by atoms with Gasteiger partial charge in [-0.3, -0.25) is 4.98 Å². The molecule has 0 aliphatic heterocycles. The Bertz CT molecular complexity index is 609. The predicted octanol–water partition coefficient (Wildman–Crippen LogP) is 3.09. The molecule has 2 N–H and O–H groups in total. The van der Waals surface area contributed by atoms with Crippen molar-refractivity contribution < 1.29 is 9.47 Å². The minimum absolute atomic E-state index is 0.0192. The van der Waals surface area contributed by atoms with E-state index in [4.69, 9.17) is 15.2 Å². The number of methoxy groups -OCH3 is 2. The molecule has 1 atom stereocenters. The highest BCUT2D eigenvalue weighted by molar-refractivity contribution is 5.69. The third kappa shape index (κ3) is 2.75. The Morgan fingerprint density at radius 1 is 1.10 bits per heavy atom. The van der Waals surface area contributed by atoms with Gasteiger partial charge in [0.05, 0.1) is 19.9 Å². The number of hydrogen-bond acceptors (Lipinski definition) is 4. The average molecular weight is 272 g/mol. The molecule has 1 unspecified atom stereocenters. The molecule has 0 aliphatic carbocycles. The maximum atomic E-state index is 5.92. The smallest absolute Gasteiger partial charge is 0.131 e. The Morgan fingerprint density at radius 3 is 2.40 bits per heavy atom. The Balaban J connectivity index is 2.48. The summed E-state index contributed by atoms with van der Waals surface area (Å²) in [7, 11) is 3.27. The monoisotopic (exact) mass is 272 g/mol. The number of nitrogens with two attached hydrogens (primary N) is 1. The van der Waals surface area contributed by atoms with E-state index in [0.29, 0.717) is 0 Å². The van der Waals surface area contributed by atoms with Gasteiger partial charge in [-0.1, -0.05) is 6.07 Å². The number of hydrogen-bond donors (Lipinski definition) is 1. The Morgan fingerprint density at radius 2 is 1.85 bits per heavy atom. The summed E-state index contributed by atoms with van der Waals surface area (Å²) in [6.07, 6.45) is 0. The van der Waals surface area contributed by atoms with Crippen molar-refractivity contribution in [3.63, 3.8) is 0 Å². The molecule has 0 spiro atoms. The summed E-state index contributed by atoms with van der Waals surface area (Å²) < 4.78 is 10.6. The van der Waals surface area contributed by atoms with Crippen molar-refractivity contribution in [2.24, 2.45) is 5.73 Å². The fourth-order valence-electron chi connectivity index (χ4n) is 2.21. The van der Waals surface area contributed by atoms with Gasteiger partial charge in [0.25, 0.3) is 0 Å². The van der Waals surface area contributed by atoms with E-state index in [1.165, 1.54) is 0 Å². The van der Waals surface area contributed by atoms with Crippen LogP contribution >= 0.6 is 0 Å². The van der Waals surface area contributed by atoms with Crippen LogP contribution in [0.3, 0.4) is 0 Å². The highest BCUT2D eigenvalue weighted by Gasteiger charge is 2.11. The summed E-state index contributed by atoms with van der Waals surface area (Å²) in [6.45, 7) is 3.93. The van der Waals surface area contributed by atoms with Gasteiger partial charge in [0.1, 0.15) is 11.5 Å². The van der Waals surface area contributed by atoms with Crippen LogP contribution in [-0.4, -0.2) is 19.2 Å². The van der Waals surface area contributed by atoms with Crippen molar-refractivity contribution >= 4 is 0 Å². The third-order valence-corrected chi connectivity index (χ3v) is 3.30. The highest BCUT2D eigenvalue weighted by Crippen LogP contribution is 2.32. The van der Waals surface area contributed by atoms with Crippen molar-refractivity contribution in [2.75, 3.05) is 14.2 Å². The zero-order chi connectivity index (χ0) is 14.7. The predicted molar refractivity (Wildman–Crippen MR) is 80.1 cm³/mol. The number of aryl methyl sites for hydroxylation is 1. The lowest BCUT2D eigenvalue weighted by Gasteiger charge is -2.13. The first kappa shape index (κ1) is 14.3. The van der Waals surface area contributed by atoms with E-state index >= 15 is 0 Å². The second-order valence-electron chi connectivity index (χ2n) is 4.73. The van der Waals surface area contributed by atoms with Gasteiger partial charge < -0.3 is 15.2 Å². The summed E-state index contributed by atoms with van der Waals surface area (Å²) in [5, 5.41) is 0. The molecule has 2 rings (SSSR count). The number of pyridine rings is 1. The summed E-state index contributed by atoms with van der Waals surface area (Å²) in [6, 6.07) is 9.67. The van der Waals surface area contributed by atoms with Gasteiger partial charge in [0.2, 0.25) is 0 Å². The van der Waals surface area contributed by atoms with E-state index in [1.807, 2.05) is 44.2 Å². The average Bonchev–Trinajstić information content (AvgIpc) is 2.46. The zero-order valence-corrected chi connectivity index (χ0v) is 12.3. The molecule has 20 heavy (non-hydrogen) atoms. The van der Waals surface area contributed by atoms with Crippen molar-refractivity contribution in [1.82, 2.24) is 4.98 Å². The first-order valence-electron chi connectivity index (χ1n) is 6.52. The molecule has 0 bridgehead atoms. The topological polar surface area (TPSA) is 57.4 Å². The first-order valence-corrected chi connectivity index (χ1v) is 6.52. The minimum Gasteiger partial charge on any atom is -0.497 e. The van der Waals surface area contributed by atoms with Crippen LogP contribution in [0.15, 0.2) is 30.3 Å². The number of rotatable bonds is 4. The van der Waals surface area contributed by atoms with E-state index in [0.717, 1.165) is 34.0 Å². The molecule has 4 heteroatoms. The first-order chi connectivity index (χ1) is 9.56. The Labute approximate surface area is 119 Å². The standard InChI is InChI=1S/C16H20N2O2/c1-10(17)13-7-8-15(18-11(13)2)14-6-5-12(19-3)9-16(14)20-4/h5-10H,17H2,1-4H3. The molecule has 1 aromatic carbocycles. The summed E-state index contributed by atoms with van der Waals surface area (Å²) >= 11 is 0. The molecule has 106 valence electrons. The zero-order valence-electron chi connectivity index (χ0n) is 12.3. The van der Waals surface area contributed by atoms with Gasteiger partial charge in [-0.25, -0.2) is 0 Å². The lowest BCUT2D eigenvalue weighted by molar-refractivity contribution is 0.395. The van der Waals surface area contributed by atoms with Crippen molar-refractivity contribution in [2.45, 2.75) is 19.9 Å². The summed E-state index contributed by atoms with van der Waals surface area (Å²) in [5.74, 6) is 1.50. The van der Waals surface area contributed by atoms with Crippen molar-refractivity contribution in [3.05, 3.63) is 41.6 Å². The van der Waals surface area contributed by atoms with Gasteiger partial charge in [-0.15, -0.1) is 0 Å². The molecule has 0 amide bonds. The molecule has 2 aromatic rings.